The molecule has 1 fully saturated rings. The highest BCUT2D eigenvalue weighted by molar-refractivity contribution is 7.86. The average molecular weight is 414 g/mol. The molecular weight excluding hydrogens is 382 g/mol. The molecule has 1 heterocycles. The minimum absolute atomic E-state index is 0.254. The molecule has 28 heavy (non-hydrogen) atoms. The van der Waals surface area contributed by atoms with Gasteiger partial charge in [0.2, 0.25) is 5.91 Å². The van der Waals surface area contributed by atoms with Crippen molar-refractivity contribution < 1.29 is 22.7 Å². The van der Waals surface area contributed by atoms with Gasteiger partial charge >= 0.3 is 0 Å². The Bertz CT molecular complexity index is 746. The maximum atomic E-state index is 12.7. The number of anilines is 1. The van der Waals surface area contributed by atoms with Gasteiger partial charge in [0.25, 0.3) is 10.2 Å². The third-order valence-corrected chi connectivity index (χ3v) is 6.41. The first kappa shape index (κ1) is 22.4. The van der Waals surface area contributed by atoms with Gasteiger partial charge in [-0.05, 0) is 38.8 Å². The van der Waals surface area contributed by atoms with Crippen LogP contribution in [0.25, 0.3) is 0 Å². The highest BCUT2D eigenvalue weighted by Gasteiger charge is 2.28. The Balaban J connectivity index is 2.01. The van der Waals surface area contributed by atoms with Gasteiger partial charge in [0.1, 0.15) is 0 Å². The van der Waals surface area contributed by atoms with E-state index in [2.05, 4.69) is 5.32 Å². The van der Waals surface area contributed by atoms with Gasteiger partial charge in [-0.15, -0.1) is 0 Å². The molecule has 9 heteroatoms. The van der Waals surface area contributed by atoms with Crippen molar-refractivity contribution in [1.29, 1.82) is 0 Å². The highest BCUT2D eigenvalue weighted by atomic mass is 32.2. The Kier molecular flexibility index (Phi) is 8.53. The fourth-order valence-corrected chi connectivity index (χ4v) is 4.48. The molecule has 1 N–H and O–H groups in total. The van der Waals surface area contributed by atoms with Crippen molar-refractivity contribution in [3.8, 4) is 11.5 Å². The van der Waals surface area contributed by atoms with E-state index in [4.69, 9.17) is 9.47 Å². The van der Waals surface area contributed by atoms with Crippen LogP contribution in [-0.2, 0) is 15.0 Å². The molecular formula is C19H31N3O5S. The summed E-state index contributed by atoms with van der Waals surface area (Å²) in [7, 11) is -2.21. The zero-order chi connectivity index (χ0) is 20.6. The molecule has 0 unspecified atom stereocenters. The number of carbonyl (C=O) groups is 1. The fraction of sp³-hybridized carbons (Fsp3) is 0.632. The summed E-state index contributed by atoms with van der Waals surface area (Å²) in [6, 6.07) is 5.10. The molecule has 1 aliphatic rings. The summed E-state index contributed by atoms with van der Waals surface area (Å²) in [6.45, 7) is 5.47. The molecule has 1 amide bonds. The van der Waals surface area contributed by atoms with E-state index in [1.165, 1.54) is 11.4 Å². The third-order valence-electron chi connectivity index (χ3n) is 4.48. The molecule has 158 valence electrons. The number of amides is 1. The Morgan fingerprint density at radius 2 is 1.68 bits per heavy atom. The highest BCUT2D eigenvalue weighted by Crippen LogP contribution is 2.30. The van der Waals surface area contributed by atoms with Crippen LogP contribution in [0.3, 0.4) is 0 Å². The molecule has 1 aromatic rings. The first-order valence-corrected chi connectivity index (χ1v) is 11.2. The summed E-state index contributed by atoms with van der Waals surface area (Å²) >= 11 is 0. The summed E-state index contributed by atoms with van der Waals surface area (Å²) in [5.41, 5.74) is 0.525. The predicted molar refractivity (Wildman–Crippen MR) is 109 cm³/mol. The number of benzene rings is 1. The van der Waals surface area contributed by atoms with E-state index in [1.54, 1.807) is 18.2 Å². The number of hydrogen-bond acceptors (Lipinski definition) is 5. The minimum atomic E-state index is -3.64. The molecule has 0 aliphatic carbocycles. The van der Waals surface area contributed by atoms with E-state index in [0.717, 1.165) is 30.0 Å². The lowest BCUT2D eigenvalue weighted by Gasteiger charge is -2.26. The van der Waals surface area contributed by atoms with E-state index in [9.17, 15) is 13.2 Å². The smallest absolute Gasteiger partial charge is 0.282 e. The molecule has 0 atom stereocenters. The van der Waals surface area contributed by atoms with Crippen molar-refractivity contribution in [2.75, 3.05) is 45.2 Å². The maximum Gasteiger partial charge on any atom is 0.282 e. The number of ether oxygens (including phenoxy) is 2. The zero-order valence-electron chi connectivity index (χ0n) is 16.9. The quantitative estimate of drug-likeness (QED) is 0.672. The molecule has 0 saturated carbocycles. The lowest BCUT2D eigenvalue weighted by Crippen LogP contribution is -2.45. The van der Waals surface area contributed by atoms with Gasteiger partial charge in [0, 0.05) is 31.9 Å². The van der Waals surface area contributed by atoms with Crippen LogP contribution in [0.5, 0.6) is 11.5 Å². The van der Waals surface area contributed by atoms with E-state index in [1.807, 2.05) is 13.8 Å². The molecule has 1 aromatic carbocycles. The molecule has 2 rings (SSSR count). The van der Waals surface area contributed by atoms with Gasteiger partial charge < -0.3 is 14.8 Å². The Labute approximate surface area is 168 Å². The summed E-state index contributed by atoms with van der Waals surface area (Å²) < 4.78 is 39.1. The second-order valence-corrected chi connectivity index (χ2v) is 8.69. The van der Waals surface area contributed by atoms with Crippen LogP contribution in [0.4, 0.5) is 5.69 Å². The topological polar surface area (TPSA) is 88.2 Å². The van der Waals surface area contributed by atoms with Crippen LogP contribution >= 0.6 is 0 Å². The number of nitrogens with one attached hydrogen (secondary N) is 1. The van der Waals surface area contributed by atoms with E-state index >= 15 is 0 Å². The summed E-state index contributed by atoms with van der Waals surface area (Å²) in [5, 5.41) is 2.73. The maximum absolute atomic E-state index is 12.7. The Morgan fingerprint density at radius 1 is 1.07 bits per heavy atom. The Morgan fingerprint density at radius 3 is 2.29 bits per heavy atom. The first-order valence-electron chi connectivity index (χ1n) is 9.79. The predicted octanol–water partition coefficient (Wildman–Crippen LogP) is 2.48. The van der Waals surface area contributed by atoms with E-state index in [0.29, 0.717) is 43.5 Å². The van der Waals surface area contributed by atoms with Crippen LogP contribution < -0.4 is 14.8 Å². The Hall–Kier alpha value is -1.84. The van der Waals surface area contributed by atoms with Crippen molar-refractivity contribution in [3.05, 3.63) is 18.2 Å². The van der Waals surface area contributed by atoms with E-state index < -0.39 is 16.1 Å². The third kappa shape index (κ3) is 6.08. The molecule has 1 saturated heterocycles. The van der Waals surface area contributed by atoms with Crippen molar-refractivity contribution in [2.45, 2.75) is 39.5 Å². The molecule has 1 aliphatic heterocycles. The number of nitrogens with zero attached hydrogens (tertiary/aromatic N) is 2. The fourth-order valence-electron chi connectivity index (χ4n) is 3.08. The molecule has 0 bridgehead atoms. The zero-order valence-corrected chi connectivity index (χ0v) is 17.8. The van der Waals surface area contributed by atoms with Gasteiger partial charge in [0.05, 0.1) is 19.8 Å². The van der Waals surface area contributed by atoms with E-state index in [-0.39, 0.29) is 6.54 Å². The largest absolute Gasteiger partial charge is 0.490 e. The van der Waals surface area contributed by atoms with Crippen LogP contribution in [-0.4, -0.2) is 62.8 Å². The lowest BCUT2D eigenvalue weighted by atomic mass is 10.2. The van der Waals surface area contributed by atoms with Crippen LogP contribution in [0, 0.1) is 0 Å². The van der Waals surface area contributed by atoms with Crippen molar-refractivity contribution in [1.82, 2.24) is 8.61 Å². The van der Waals surface area contributed by atoms with Gasteiger partial charge in [-0.2, -0.15) is 17.0 Å². The van der Waals surface area contributed by atoms with Crippen LogP contribution in [0.1, 0.15) is 39.5 Å². The standard InChI is InChI=1S/C19H31N3O5S/c1-4-26-17-11-10-16(14-18(17)27-5-2)20-19(23)15-21(3)28(24,25)22-12-8-6-7-9-13-22/h10-11,14H,4-9,12-13,15H2,1-3H3,(H,20,23). The summed E-state index contributed by atoms with van der Waals surface area (Å²) in [5.74, 6) is 0.725. The summed E-state index contributed by atoms with van der Waals surface area (Å²) in [6.07, 6.45) is 3.78. The molecule has 0 radical (unpaired) electrons. The first-order chi connectivity index (χ1) is 13.4. The van der Waals surface area contributed by atoms with Gasteiger partial charge in [-0.3, -0.25) is 4.79 Å². The number of likely N-dealkylation sites (N-methyl/N-ethyl adjacent to an activating group) is 1. The van der Waals surface area contributed by atoms with Gasteiger partial charge in [0.15, 0.2) is 11.5 Å². The molecule has 0 spiro atoms. The SMILES string of the molecule is CCOc1ccc(NC(=O)CN(C)S(=O)(=O)N2CCCCCC2)cc1OCC. The summed E-state index contributed by atoms with van der Waals surface area (Å²) in [4.78, 5) is 12.4. The minimum Gasteiger partial charge on any atom is -0.490 e. The molecule has 0 aromatic heterocycles. The monoisotopic (exact) mass is 413 g/mol. The normalized spacial score (nSPS) is 15.9. The van der Waals surface area contributed by atoms with Gasteiger partial charge in [-0.25, -0.2) is 0 Å². The number of carbonyl (C=O) groups excluding carboxylic acids is 1. The second kappa shape index (κ2) is 10.6. The van der Waals surface area contributed by atoms with Crippen molar-refractivity contribution in [2.24, 2.45) is 0 Å². The average Bonchev–Trinajstić information content (AvgIpc) is 2.94. The number of hydrogen-bond donors (Lipinski definition) is 1. The van der Waals surface area contributed by atoms with Crippen LogP contribution in [0.15, 0.2) is 18.2 Å². The second-order valence-electron chi connectivity index (χ2n) is 6.65. The van der Waals surface area contributed by atoms with Crippen molar-refractivity contribution >= 4 is 21.8 Å². The van der Waals surface area contributed by atoms with Crippen molar-refractivity contribution in [3.63, 3.8) is 0 Å². The number of rotatable bonds is 9. The molecule has 8 nitrogen and oxygen atoms in total. The lowest BCUT2D eigenvalue weighted by molar-refractivity contribution is -0.116. The van der Waals surface area contributed by atoms with Gasteiger partial charge in [-0.1, -0.05) is 12.8 Å². The van der Waals surface area contributed by atoms with Crippen LogP contribution in [0.2, 0.25) is 0 Å².